The molecule has 1 fully saturated rings. The first-order chi connectivity index (χ1) is 16.1. The molecule has 7 nitrogen and oxygen atoms in total. The summed E-state index contributed by atoms with van der Waals surface area (Å²) in [5.74, 6) is -0.730. The van der Waals surface area contributed by atoms with Gasteiger partial charge in [-0.25, -0.2) is 8.42 Å². The van der Waals surface area contributed by atoms with E-state index in [4.69, 9.17) is 11.6 Å². The lowest BCUT2D eigenvalue weighted by Crippen LogP contribution is -2.52. The molecule has 2 aromatic carbocycles. The molecule has 2 amide bonds. The Bertz CT molecular complexity index is 1120. The summed E-state index contributed by atoms with van der Waals surface area (Å²) in [6.45, 7) is 1.38. The van der Waals surface area contributed by atoms with Gasteiger partial charge in [0.2, 0.25) is 21.8 Å². The van der Waals surface area contributed by atoms with Crippen molar-refractivity contribution >= 4 is 55.1 Å². The second-order valence-electron chi connectivity index (χ2n) is 8.54. The molecule has 1 aliphatic carbocycles. The van der Waals surface area contributed by atoms with Gasteiger partial charge in [0.1, 0.15) is 12.6 Å². The van der Waals surface area contributed by atoms with Crippen LogP contribution in [0.25, 0.3) is 0 Å². The van der Waals surface area contributed by atoms with Crippen LogP contribution in [0.1, 0.15) is 38.2 Å². The Morgan fingerprint density at radius 2 is 1.74 bits per heavy atom. The molecule has 0 spiro atoms. The molecule has 3 rings (SSSR count). The summed E-state index contributed by atoms with van der Waals surface area (Å²) < 4.78 is 26.8. The lowest BCUT2D eigenvalue weighted by molar-refractivity contribution is -0.139. The summed E-state index contributed by atoms with van der Waals surface area (Å²) in [4.78, 5) is 28.0. The quantitative estimate of drug-likeness (QED) is 0.486. The highest BCUT2D eigenvalue weighted by Crippen LogP contribution is 2.28. The van der Waals surface area contributed by atoms with E-state index in [1.54, 1.807) is 55.5 Å². The molecule has 1 atom stereocenters. The molecule has 1 saturated carbocycles. The van der Waals surface area contributed by atoms with E-state index in [2.05, 4.69) is 21.2 Å². The fraction of sp³-hybridized carbons (Fsp3) is 0.417. The van der Waals surface area contributed by atoms with Gasteiger partial charge in [-0.3, -0.25) is 13.9 Å². The fourth-order valence-electron chi connectivity index (χ4n) is 4.01. The maximum absolute atomic E-state index is 13.5. The Balaban J connectivity index is 1.88. The molecule has 0 radical (unpaired) electrons. The molecule has 0 aromatic heterocycles. The van der Waals surface area contributed by atoms with Crippen molar-refractivity contribution in [3.8, 4) is 0 Å². The third-order valence-corrected chi connectivity index (χ3v) is 7.98. The number of halogens is 2. The van der Waals surface area contributed by atoms with Crippen LogP contribution in [0.15, 0.2) is 53.0 Å². The zero-order chi connectivity index (χ0) is 24.9. The van der Waals surface area contributed by atoms with Gasteiger partial charge >= 0.3 is 0 Å². The van der Waals surface area contributed by atoms with Gasteiger partial charge < -0.3 is 10.2 Å². The molecule has 1 aliphatic rings. The zero-order valence-corrected chi connectivity index (χ0v) is 22.4. The van der Waals surface area contributed by atoms with Crippen LogP contribution in [-0.4, -0.2) is 50.0 Å². The van der Waals surface area contributed by atoms with Crippen LogP contribution in [-0.2, 0) is 26.2 Å². The predicted molar refractivity (Wildman–Crippen MR) is 138 cm³/mol. The van der Waals surface area contributed by atoms with E-state index in [0.29, 0.717) is 15.2 Å². The second kappa shape index (κ2) is 11.6. The van der Waals surface area contributed by atoms with Gasteiger partial charge in [-0.15, -0.1) is 0 Å². The maximum Gasteiger partial charge on any atom is 0.244 e. The molecule has 0 bridgehead atoms. The Kier molecular flexibility index (Phi) is 9.01. The first-order valence-corrected chi connectivity index (χ1v) is 14.1. The van der Waals surface area contributed by atoms with Gasteiger partial charge in [0, 0.05) is 22.1 Å². The van der Waals surface area contributed by atoms with E-state index in [0.717, 1.165) is 41.8 Å². The number of amides is 2. The van der Waals surface area contributed by atoms with Crippen molar-refractivity contribution < 1.29 is 18.0 Å². The molecule has 0 heterocycles. The third-order valence-electron chi connectivity index (χ3n) is 5.94. The highest BCUT2D eigenvalue weighted by atomic mass is 79.9. The van der Waals surface area contributed by atoms with E-state index in [1.807, 2.05) is 0 Å². The second-order valence-corrected chi connectivity index (χ2v) is 11.7. The van der Waals surface area contributed by atoms with Crippen molar-refractivity contribution in [2.45, 2.75) is 51.2 Å². The molecular weight excluding hydrogens is 542 g/mol. The topological polar surface area (TPSA) is 86.8 Å². The summed E-state index contributed by atoms with van der Waals surface area (Å²) in [7, 11) is -3.77. The largest absolute Gasteiger partial charge is 0.352 e. The first kappa shape index (κ1) is 26.5. The van der Waals surface area contributed by atoms with Crippen LogP contribution in [0, 0.1) is 0 Å². The maximum atomic E-state index is 13.5. The number of benzene rings is 2. The van der Waals surface area contributed by atoms with Crippen LogP contribution in [0.5, 0.6) is 0 Å². The third kappa shape index (κ3) is 6.96. The minimum absolute atomic E-state index is 0.107. The fourth-order valence-corrected chi connectivity index (χ4v) is 5.61. The number of nitrogens with zero attached hydrogens (tertiary/aromatic N) is 2. The normalized spacial score (nSPS) is 15.1. The molecular formula is C24H29BrClN3O4S. The monoisotopic (exact) mass is 569 g/mol. The van der Waals surface area contributed by atoms with E-state index in [9.17, 15) is 18.0 Å². The van der Waals surface area contributed by atoms with Crippen molar-refractivity contribution in [2.75, 3.05) is 17.1 Å². The summed E-state index contributed by atoms with van der Waals surface area (Å²) in [5.41, 5.74) is 1.14. The molecule has 1 N–H and O–H groups in total. The van der Waals surface area contributed by atoms with Crippen LogP contribution in [0.4, 0.5) is 5.69 Å². The van der Waals surface area contributed by atoms with Crippen LogP contribution < -0.4 is 9.62 Å². The number of para-hydroxylation sites is 1. The van der Waals surface area contributed by atoms with Gasteiger partial charge in [0.15, 0.2) is 0 Å². The minimum atomic E-state index is -3.77. The van der Waals surface area contributed by atoms with E-state index < -0.39 is 28.5 Å². The number of hydrogen-bond acceptors (Lipinski definition) is 4. The number of carbonyl (C=O) groups excluding carboxylic acids is 2. The van der Waals surface area contributed by atoms with Gasteiger partial charge in [0.05, 0.1) is 11.9 Å². The number of nitrogens with one attached hydrogen (secondary N) is 1. The Labute approximate surface area is 214 Å². The lowest BCUT2D eigenvalue weighted by atomic mass is 10.1. The van der Waals surface area contributed by atoms with Crippen molar-refractivity contribution in [3.63, 3.8) is 0 Å². The first-order valence-electron chi connectivity index (χ1n) is 11.1. The average molecular weight is 571 g/mol. The molecule has 0 aliphatic heterocycles. The predicted octanol–water partition coefficient (Wildman–Crippen LogP) is 4.34. The number of carbonyl (C=O) groups is 2. The summed E-state index contributed by atoms with van der Waals surface area (Å²) in [6.07, 6.45) is 5.05. The van der Waals surface area contributed by atoms with Crippen molar-refractivity contribution in [1.29, 1.82) is 0 Å². The van der Waals surface area contributed by atoms with Gasteiger partial charge in [-0.2, -0.15) is 0 Å². The van der Waals surface area contributed by atoms with E-state index in [1.165, 1.54) is 4.90 Å². The van der Waals surface area contributed by atoms with Crippen molar-refractivity contribution in [3.05, 3.63) is 63.6 Å². The number of rotatable bonds is 9. The highest BCUT2D eigenvalue weighted by molar-refractivity contribution is 9.10. The van der Waals surface area contributed by atoms with Crippen molar-refractivity contribution in [1.82, 2.24) is 10.2 Å². The summed E-state index contributed by atoms with van der Waals surface area (Å²) in [6, 6.07) is 13.1. The summed E-state index contributed by atoms with van der Waals surface area (Å²) >= 11 is 9.37. The highest BCUT2D eigenvalue weighted by Gasteiger charge is 2.31. The van der Waals surface area contributed by atoms with Crippen LogP contribution in [0.2, 0.25) is 5.02 Å². The molecule has 184 valence electrons. The number of anilines is 1. The Morgan fingerprint density at radius 3 is 2.32 bits per heavy atom. The SMILES string of the molecule is CC(C(=O)NC1CCCC1)N(Cc1ccc(Cl)cc1)C(=O)CN(c1ccccc1Br)S(C)(=O)=O. The van der Waals surface area contributed by atoms with E-state index >= 15 is 0 Å². The smallest absolute Gasteiger partial charge is 0.244 e. The van der Waals surface area contributed by atoms with E-state index in [-0.39, 0.29) is 18.5 Å². The Morgan fingerprint density at radius 1 is 1.12 bits per heavy atom. The minimum Gasteiger partial charge on any atom is -0.352 e. The molecule has 1 unspecified atom stereocenters. The molecule has 10 heteroatoms. The van der Waals surface area contributed by atoms with Crippen molar-refractivity contribution in [2.24, 2.45) is 0 Å². The van der Waals surface area contributed by atoms with Gasteiger partial charge in [-0.1, -0.05) is 48.7 Å². The number of sulfonamides is 1. The van der Waals surface area contributed by atoms with Crippen LogP contribution >= 0.6 is 27.5 Å². The molecule has 2 aromatic rings. The molecule has 34 heavy (non-hydrogen) atoms. The average Bonchev–Trinajstić information content (AvgIpc) is 3.29. The zero-order valence-electron chi connectivity index (χ0n) is 19.2. The van der Waals surface area contributed by atoms with Crippen LogP contribution in [0.3, 0.4) is 0 Å². The summed E-state index contributed by atoms with van der Waals surface area (Å²) in [5, 5.41) is 3.60. The Hall–Kier alpha value is -2.10. The lowest BCUT2D eigenvalue weighted by Gasteiger charge is -2.32. The van der Waals surface area contributed by atoms with Gasteiger partial charge in [0.25, 0.3) is 0 Å². The number of hydrogen-bond donors (Lipinski definition) is 1. The van der Waals surface area contributed by atoms with Gasteiger partial charge in [-0.05, 0) is 65.5 Å². The molecule has 0 saturated heterocycles. The standard InChI is InChI=1S/C24H29BrClN3O4S/c1-17(24(31)27-20-7-3-4-8-20)28(15-18-11-13-19(26)14-12-18)23(30)16-29(34(2,32)33)22-10-6-5-9-21(22)25/h5-6,9-14,17,20H,3-4,7-8,15-16H2,1-2H3,(H,27,31).